The molecule has 21 heavy (non-hydrogen) atoms. The Balaban J connectivity index is 1.86. The summed E-state index contributed by atoms with van der Waals surface area (Å²) in [5, 5.41) is 3.07. The average Bonchev–Trinajstić information content (AvgIpc) is 2.74. The van der Waals surface area contributed by atoms with Gasteiger partial charge < -0.3 is 5.32 Å². The molecule has 1 aromatic heterocycles. The normalized spacial score (nSPS) is 15.1. The van der Waals surface area contributed by atoms with Crippen molar-refractivity contribution in [3.63, 3.8) is 0 Å². The minimum Gasteiger partial charge on any atom is -0.350 e. The molecular weight excluding hydrogens is 280 g/mol. The zero-order valence-corrected chi connectivity index (χ0v) is 14.4. The van der Waals surface area contributed by atoms with Crippen molar-refractivity contribution in [3.8, 4) is 0 Å². The van der Waals surface area contributed by atoms with E-state index in [9.17, 15) is 4.79 Å². The minimum atomic E-state index is 0.105. The standard InChI is InChI=1S/C17H28N2OS/c1-4-19(13(2)3)11-10-18-17(20)16-12-14-8-6-5-7-9-15(14)21-16/h12-13H,4-11H2,1-3H3,(H,18,20). The van der Waals surface area contributed by atoms with E-state index in [1.165, 1.54) is 29.7 Å². The number of amides is 1. The molecule has 1 heterocycles. The van der Waals surface area contributed by atoms with Crippen molar-refractivity contribution < 1.29 is 4.79 Å². The third-order valence-electron chi connectivity index (χ3n) is 4.29. The van der Waals surface area contributed by atoms with E-state index in [1.54, 1.807) is 11.3 Å². The second kappa shape index (κ2) is 7.95. The Hall–Kier alpha value is -0.870. The van der Waals surface area contributed by atoms with E-state index >= 15 is 0 Å². The highest BCUT2D eigenvalue weighted by Crippen LogP contribution is 2.28. The van der Waals surface area contributed by atoms with Crippen molar-refractivity contribution >= 4 is 17.2 Å². The number of rotatable bonds is 6. The Kier molecular flexibility index (Phi) is 6.24. The van der Waals surface area contributed by atoms with Crippen LogP contribution in [0.25, 0.3) is 0 Å². The quantitative estimate of drug-likeness (QED) is 0.816. The maximum absolute atomic E-state index is 12.3. The molecule has 0 atom stereocenters. The Labute approximate surface area is 132 Å². The van der Waals surface area contributed by atoms with Gasteiger partial charge in [-0.15, -0.1) is 11.3 Å². The lowest BCUT2D eigenvalue weighted by Gasteiger charge is -2.24. The number of aryl methyl sites for hydroxylation is 2. The molecule has 118 valence electrons. The molecule has 0 aromatic carbocycles. The zero-order chi connectivity index (χ0) is 15.2. The maximum Gasteiger partial charge on any atom is 0.261 e. The number of carbonyl (C=O) groups excluding carboxylic acids is 1. The summed E-state index contributed by atoms with van der Waals surface area (Å²) in [7, 11) is 0. The molecule has 0 saturated heterocycles. The molecule has 1 aliphatic carbocycles. The van der Waals surface area contributed by atoms with Crippen LogP contribution in [0.3, 0.4) is 0 Å². The van der Waals surface area contributed by atoms with Gasteiger partial charge in [-0.25, -0.2) is 0 Å². The maximum atomic E-state index is 12.3. The number of hydrogen-bond acceptors (Lipinski definition) is 3. The van der Waals surface area contributed by atoms with E-state index in [0.29, 0.717) is 6.04 Å². The van der Waals surface area contributed by atoms with Crippen molar-refractivity contribution in [2.24, 2.45) is 0 Å². The highest BCUT2D eigenvalue weighted by atomic mass is 32.1. The van der Waals surface area contributed by atoms with Crippen LogP contribution >= 0.6 is 11.3 Å². The van der Waals surface area contributed by atoms with Crippen molar-refractivity contribution in [2.45, 2.75) is 58.9 Å². The molecule has 0 aliphatic heterocycles. The van der Waals surface area contributed by atoms with Crippen molar-refractivity contribution in [1.29, 1.82) is 0 Å². The van der Waals surface area contributed by atoms with Gasteiger partial charge in [-0.2, -0.15) is 0 Å². The van der Waals surface area contributed by atoms with Gasteiger partial charge in [-0.05, 0) is 57.7 Å². The molecule has 0 bridgehead atoms. The van der Waals surface area contributed by atoms with Gasteiger partial charge >= 0.3 is 0 Å². The van der Waals surface area contributed by atoms with Crippen molar-refractivity contribution in [3.05, 3.63) is 21.4 Å². The number of hydrogen-bond donors (Lipinski definition) is 1. The third kappa shape index (κ3) is 4.55. The molecule has 1 aliphatic rings. The summed E-state index contributed by atoms with van der Waals surface area (Å²) >= 11 is 1.70. The molecular formula is C17H28N2OS. The van der Waals surface area contributed by atoms with E-state index in [0.717, 1.165) is 37.4 Å². The summed E-state index contributed by atoms with van der Waals surface area (Å²) in [6.45, 7) is 9.24. The SMILES string of the molecule is CCN(CCNC(=O)c1cc2c(s1)CCCCC2)C(C)C. The van der Waals surface area contributed by atoms with Crippen LogP contribution in [0, 0.1) is 0 Å². The highest BCUT2D eigenvalue weighted by Gasteiger charge is 2.16. The van der Waals surface area contributed by atoms with Gasteiger partial charge in [-0.1, -0.05) is 13.3 Å². The Morgan fingerprint density at radius 1 is 1.33 bits per heavy atom. The summed E-state index contributed by atoms with van der Waals surface area (Å²) in [5.41, 5.74) is 1.42. The fourth-order valence-corrected chi connectivity index (χ4v) is 4.13. The number of thiophene rings is 1. The van der Waals surface area contributed by atoms with Crippen LogP contribution in [-0.2, 0) is 12.8 Å². The summed E-state index contributed by atoms with van der Waals surface area (Å²) in [6.07, 6.45) is 6.17. The van der Waals surface area contributed by atoms with Crippen LogP contribution in [-0.4, -0.2) is 36.5 Å². The van der Waals surface area contributed by atoms with Gasteiger partial charge in [0.1, 0.15) is 0 Å². The van der Waals surface area contributed by atoms with Gasteiger partial charge in [0.05, 0.1) is 4.88 Å². The third-order valence-corrected chi connectivity index (χ3v) is 5.53. The topological polar surface area (TPSA) is 32.3 Å². The first-order chi connectivity index (χ1) is 10.1. The molecule has 2 rings (SSSR count). The van der Waals surface area contributed by atoms with Gasteiger partial charge in [0, 0.05) is 24.0 Å². The lowest BCUT2D eigenvalue weighted by molar-refractivity contribution is 0.0950. The second-order valence-corrected chi connectivity index (χ2v) is 7.23. The van der Waals surface area contributed by atoms with Gasteiger partial charge in [-0.3, -0.25) is 9.69 Å². The molecule has 1 aromatic rings. The summed E-state index contributed by atoms with van der Waals surface area (Å²) in [5.74, 6) is 0.105. The van der Waals surface area contributed by atoms with E-state index in [2.05, 4.69) is 37.1 Å². The first-order valence-corrected chi connectivity index (χ1v) is 9.07. The number of nitrogens with zero attached hydrogens (tertiary/aromatic N) is 1. The largest absolute Gasteiger partial charge is 0.350 e. The fraction of sp³-hybridized carbons (Fsp3) is 0.706. The molecule has 1 amide bonds. The Bertz CT molecular complexity index is 444. The molecule has 0 unspecified atom stereocenters. The second-order valence-electron chi connectivity index (χ2n) is 6.10. The summed E-state index contributed by atoms with van der Waals surface area (Å²) in [6, 6.07) is 2.66. The first kappa shape index (κ1) is 16.5. The predicted molar refractivity (Wildman–Crippen MR) is 90.3 cm³/mol. The van der Waals surface area contributed by atoms with Crippen molar-refractivity contribution in [1.82, 2.24) is 10.2 Å². The first-order valence-electron chi connectivity index (χ1n) is 8.25. The number of fused-ring (bicyclic) bond motifs is 1. The van der Waals surface area contributed by atoms with E-state index in [1.807, 2.05) is 0 Å². The molecule has 1 N–H and O–H groups in total. The average molecular weight is 308 g/mol. The van der Waals surface area contributed by atoms with Gasteiger partial charge in [0.2, 0.25) is 0 Å². The summed E-state index contributed by atoms with van der Waals surface area (Å²) in [4.78, 5) is 17.0. The Morgan fingerprint density at radius 2 is 2.10 bits per heavy atom. The molecule has 4 heteroatoms. The lowest BCUT2D eigenvalue weighted by atomic mass is 10.1. The molecule has 0 saturated carbocycles. The van der Waals surface area contributed by atoms with E-state index in [4.69, 9.17) is 0 Å². The molecule has 0 spiro atoms. The Morgan fingerprint density at radius 3 is 2.81 bits per heavy atom. The van der Waals surface area contributed by atoms with E-state index in [-0.39, 0.29) is 5.91 Å². The van der Waals surface area contributed by atoms with Crippen LogP contribution in [0.15, 0.2) is 6.07 Å². The van der Waals surface area contributed by atoms with E-state index < -0.39 is 0 Å². The van der Waals surface area contributed by atoms with Crippen LogP contribution in [0.4, 0.5) is 0 Å². The lowest BCUT2D eigenvalue weighted by Crippen LogP contribution is -2.38. The van der Waals surface area contributed by atoms with Crippen LogP contribution in [0.5, 0.6) is 0 Å². The fourth-order valence-electron chi connectivity index (χ4n) is 2.96. The van der Waals surface area contributed by atoms with Crippen LogP contribution in [0.2, 0.25) is 0 Å². The number of carbonyl (C=O) groups is 1. The van der Waals surface area contributed by atoms with Crippen LogP contribution in [0.1, 0.15) is 60.1 Å². The smallest absolute Gasteiger partial charge is 0.261 e. The van der Waals surface area contributed by atoms with Gasteiger partial charge in [0.25, 0.3) is 5.91 Å². The van der Waals surface area contributed by atoms with Crippen LogP contribution < -0.4 is 5.32 Å². The van der Waals surface area contributed by atoms with Gasteiger partial charge in [0.15, 0.2) is 0 Å². The molecule has 3 nitrogen and oxygen atoms in total. The molecule has 0 radical (unpaired) electrons. The van der Waals surface area contributed by atoms with Crippen molar-refractivity contribution in [2.75, 3.05) is 19.6 Å². The summed E-state index contributed by atoms with van der Waals surface area (Å²) < 4.78 is 0. The minimum absolute atomic E-state index is 0.105. The zero-order valence-electron chi connectivity index (χ0n) is 13.6. The monoisotopic (exact) mass is 308 g/mol. The number of likely N-dealkylation sites (N-methyl/N-ethyl adjacent to an activating group) is 1. The molecule has 0 fully saturated rings. The predicted octanol–water partition coefficient (Wildman–Crippen LogP) is 3.48. The highest BCUT2D eigenvalue weighted by molar-refractivity contribution is 7.14. The number of nitrogens with one attached hydrogen (secondary N) is 1.